The Balaban J connectivity index is 2.36. The van der Waals surface area contributed by atoms with Crippen molar-refractivity contribution in [2.24, 2.45) is 0 Å². The van der Waals surface area contributed by atoms with E-state index < -0.39 is 0 Å². The monoisotopic (exact) mass is 207 g/mol. The number of nitrogens with zero attached hydrogens (tertiary/aromatic N) is 2. The molecule has 2 rings (SSSR count). The molecule has 3 nitrogen and oxygen atoms in total. The van der Waals surface area contributed by atoms with E-state index in [-0.39, 0.29) is 0 Å². The minimum absolute atomic E-state index is 0.452. The normalized spacial score (nSPS) is 13.3. The van der Waals surface area contributed by atoms with Crippen LogP contribution in [0.1, 0.15) is 12.6 Å². The molecule has 0 saturated carbocycles. The van der Waals surface area contributed by atoms with E-state index in [4.69, 9.17) is 0 Å². The topological polar surface area (TPSA) is 37.8 Å². The Labute approximate surface area is 87.2 Å². The van der Waals surface area contributed by atoms with Crippen molar-refractivity contribution >= 4 is 21.6 Å². The SMILES string of the molecule is CNC(C)Cc1ncnc2sccc12. The fraction of sp³-hybridized carbons (Fsp3) is 0.400. The van der Waals surface area contributed by atoms with Gasteiger partial charge in [-0.15, -0.1) is 11.3 Å². The first-order chi connectivity index (χ1) is 6.81. The van der Waals surface area contributed by atoms with Crippen molar-refractivity contribution < 1.29 is 0 Å². The van der Waals surface area contributed by atoms with Gasteiger partial charge in [0.2, 0.25) is 0 Å². The Morgan fingerprint density at radius 1 is 1.50 bits per heavy atom. The number of thiophene rings is 1. The van der Waals surface area contributed by atoms with Crippen molar-refractivity contribution in [1.82, 2.24) is 15.3 Å². The fourth-order valence-corrected chi connectivity index (χ4v) is 2.15. The van der Waals surface area contributed by atoms with E-state index in [9.17, 15) is 0 Å². The minimum atomic E-state index is 0.452. The average molecular weight is 207 g/mol. The quantitative estimate of drug-likeness (QED) is 0.834. The van der Waals surface area contributed by atoms with E-state index in [1.807, 2.05) is 7.05 Å². The molecule has 0 fully saturated rings. The van der Waals surface area contributed by atoms with Crippen LogP contribution in [0.2, 0.25) is 0 Å². The summed E-state index contributed by atoms with van der Waals surface area (Å²) in [6.07, 6.45) is 2.60. The number of fused-ring (bicyclic) bond motifs is 1. The molecule has 14 heavy (non-hydrogen) atoms. The zero-order valence-corrected chi connectivity index (χ0v) is 9.14. The number of hydrogen-bond acceptors (Lipinski definition) is 4. The van der Waals surface area contributed by atoms with Crippen LogP contribution < -0.4 is 5.32 Å². The first kappa shape index (κ1) is 9.55. The first-order valence-electron chi connectivity index (χ1n) is 4.65. The van der Waals surface area contributed by atoms with Crippen molar-refractivity contribution in [2.75, 3.05) is 7.05 Å². The van der Waals surface area contributed by atoms with E-state index in [1.165, 1.54) is 5.39 Å². The molecule has 0 aliphatic rings. The van der Waals surface area contributed by atoms with Crippen LogP contribution in [0.15, 0.2) is 17.8 Å². The van der Waals surface area contributed by atoms with E-state index in [1.54, 1.807) is 17.7 Å². The van der Waals surface area contributed by atoms with Crippen molar-refractivity contribution in [1.29, 1.82) is 0 Å². The van der Waals surface area contributed by atoms with Gasteiger partial charge in [0, 0.05) is 17.8 Å². The fourth-order valence-electron chi connectivity index (χ4n) is 1.40. The third-order valence-corrected chi connectivity index (χ3v) is 3.16. The summed E-state index contributed by atoms with van der Waals surface area (Å²) in [6, 6.07) is 2.55. The van der Waals surface area contributed by atoms with Crippen LogP contribution >= 0.6 is 11.3 Å². The predicted molar refractivity (Wildman–Crippen MR) is 59.6 cm³/mol. The van der Waals surface area contributed by atoms with Gasteiger partial charge in [0.15, 0.2) is 0 Å². The second-order valence-electron chi connectivity index (χ2n) is 3.35. The van der Waals surface area contributed by atoms with Crippen LogP contribution in [0.5, 0.6) is 0 Å². The van der Waals surface area contributed by atoms with E-state index in [0.717, 1.165) is 16.9 Å². The summed E-state index contributed by atoms with van der Waals surface area (Å²) in [7, 11) is 1.97. The molecule has 0 saturated heterocycles. The van der Waals surface area contributed by atoms with Crippen LogP contribution in [0.4, 0.5) is 0 Å². The maximum atomic E-state index is 4.32. The van der Waals surface area contributed by atoms with E-state index in [2.05, 4.69) is 33.7 Å². The van der Waals surface area contributed by atoms with Gasteiger partial charge in [0.05, 0.1) is 5.69 Å². The molecule has 2 aromatic heterocycles. The van der Waals surface area contributed by atoms with Gasteiger partial charge in [-0.3, -0.25) is 0 Å². The van der Waals surface area contributed by atoms with Crippen LogP contribution in [0.3, 0.4) is 0 Å². The van der Waals surface area contributed by atoms with Crippen LogP contribution in [-0.4, -0.2) is 23.1 Å². The second kappa shape index (κ2) is 4.02. The van der Waals surface area contributed by atoms with Crippen molar-refractivity contribution in [3.8, 4) is 0 Å². The summed E-state index contributed by atoms with van der Waals surface area (Å²) in [5.41, 5.74) is 1.14. The summed E-state index contributed by atoms with van der Waals surface area (Å²) in [5.74, 6) is 0. The lowest BCUT2D eigenvalue weighted by molar-refractivity contribution is 0.603. The summed E-state index contributed by atoms with van der Waals surface area (Å²) in [4.78, 5) is 9.63. The molecule has 0 aromatic carbocycles. The van der Waals surface area contributed by atoms with Crippen molar-refractivity contribution in [3.05, 3.63) is 23.5 Å². The number of likely N-dealkylation sites (N-methyl/N-ethyl adjacent to an activating group) is 1. The summed E-state index contributed by atoms with van der Waals surface area (Å²) in [6.45, 7) is 2.15. The third-order valence-electron chi connectivity index (χ3n) is 2.34. The lowest BCUT2D eigenvalue weighted by Gasteiger charge is -2.09. The Morgan fingerprint density at radius 3 is 3.14 bits per heavy atom. The summed E-state index contributed by atoms with van der Waals surface area (Å²) < 4.78 is 0. The first-order valence-corrected chi connectivity index (χ1v) is 5.53. The smallest absolute Gasteiger partial charge is 0.126 e. The minimum Gasteiger partial charge on any atom is -0.317 e. The molecule has 0 aliphatic carbocycles. The van der Waals surface area contributed by atoms with Crippen LogP contribution in [0, 0.1) is 0 Å². The molecular formula is C10H13N3S. The van der Waals surface area contributed by atoms with Crippen LogP contribution in [0.25, 0.3) is 10.2 Å². The molecular weight excluding hydrogens is 194 g/mol. The largest absolute Gasteiger partial charge is 0.317 e. The molecule has 1 atom stereocenters. The van der Waals surface area contributed by atoms with Gasteiger partial charge >= 0.3 is 0 Å². The van der Waals surface area contributed by atoms with Gasteiger partial charge in [-0.2, -0.15) is 0 Å². The molecule has 2 heterocycles. The van der Waals surface area contributed by atoms with E-state index in [0.29, 0.717) is 6.04 Å². The Hall–Kier alpha value is -1.00. The highest BCUT2D eigenvalue weighted by atomic mass is 32.1. The molecule has 0 spiro atoms. The maximum Gasteiger partial charge on any atom is 0.126 e. The molecule has 2 aromatic rings. The van der Waals surface area contributed by atoms with Gasteiger partial charge in [0.1, 0.15) is 11.2 Å². The van der Waals surface area contributed by atoms with Gasteiger partial charge in [0.25, 0.3) is 0 Å². The highest BCUT2D eigenvalue weighted by Crippen LogP contribution is 2.20. The molecule has 4 heteroatoms. The number of nitrogens with one attached hydrogen (secondary N) is 1. The zero-order valence-electron chi connectivity index (χ0n) is 8.32. The number of rotatable bonds is 3. The molecule has 1 N–H and O–H groups in total. The molecule has 0 amide bonds. The third kappa shape index (κ3) is 1.76. The van der Waals surface area contributed by atoms with Crippen molar-refractivity contribution in [2.45, 2.75) is 19.4 Å². The highest BCUT2D eigenvalue weighted by molar-refractivity contribution is 7.16. The second-order valence-corrected chi connectivity index (χ2v) is 4.25. The number of hydrogen-bond donors (Lipinski definition) is 1. The maximum absolute atomic E-state index is 4.32. The Bertz CT molecular complexity index is 424. The molecule has 0 bridgehead atoms. The average Bonchev–Trinajstić information content (AvgIpc) is 2.66. The summed E-state index contributed by atoms with van der Waals surface area (Å²) >= 11 is 1.66. The van der Waals surface area contributed by atoms with E-state index >= 15 is 0 Å². The zero-order chi connectivity index (χ0) is 9.97. The Morgan fingerprint density at radius 2 is 2.36 bits per heavy atom. The Kier molecular flexibility index (Phi) is 2.74. The molecule has 0 radical (unpaired) electrons. The molecule has 74 valence electrons. The lowest BCUT2D eigenvalue weighted by Crippen LogP contribution is -2.24. The van der Waals surface area contributed by atoms with Crippen LogP contribution in [-0.2, 0) is 6.42 Å². The predicted octanol–water partition coefficient (Wildman–Crippen LogP) is 1.84. The van der Waals surface area contributed by atoms with Crippen molar-refractivity contribution in [3.63, 3.8) is 0 Å². The lowest BCUT2D eigenvalue weighted by atomic mass is 10.1. The standard InChI is InChI=1S/C10H13N3S/c1-7(11-2)5-9-8-3-4-14-10(8)13-6-12-9/h3-4,6-7,11H,5H2,1-2H3. The molecule has 0 aliphatic heterocycles. The highest BCUT2D eigenvalue weighted by Gasteiger charge is 2.07. The number of aromatic nitrogens is 2. The van der Waals surface area contributed by atoms with Gasteiger partial charge < -0.3 is 5.32 Å². The van der Waals surface area contributed by atoms with Gasteiger partial charge in [-0.25, -0.2) is 9.97 Å². The summed E-state index contributed by atoms with van der Waals surface area (Å²) in [5, 5.41) is 6.47. The van der Waals surface area contributed by atoms with Gasteiger partial charge in [-0.05, 0) is 25.4 Å². The molecule has 1 unspecified atom stereocenters. The van der Waals surface area contributed by atoms with Gasteiger partial charge in [-0.1, -0.05) is 0 Å².